The number of anilines is 1. The first-order valence-corrected chi connectivity index (χ1v) is 7.90. The molecule has 0 spiro atoms. The molecule has 0 radical (unpaired) electrons. The van der Waals surface area contributed by atoms with Gasteiger partial charge in [-0.15, -0.1) is 0 Å². The molecule has 0 bridgehead atoms. The van der Waals surface area contributed by atoms with Crippen LogP contribution in [0.5, 0.6) is 0 Å². The van der Waals surface area contributed by atoms with Crippen molar-refractivity contribution < 1.29 is 9.90 Å². The summed E-state index contributed by atoms with van der Waals surface area (Å²) in [4.78, 5) is 19.7. The van der Waals surface area contributed by atoms with Crippen molar-refractivity contribution in [3.8, 4) is 0 Å². The minimum atomic E-state index is -0.782. The van der Waals surface area contributed by atoms with Crippen LogP contribution in [0.15, 0.2) is 42.6 Å². The van der Waals surface area contributed by atoms with Gasteiger partial charge in [-0.2, -0.15) is 0 Å². The molecule has 0 saturated heterocycles. The Bertz CT molecular complexity index is 629. The van der Waals surface area contributed by atoms with Crippen LogP contribution in [-0.2, 0) is 11.2 Å². The smallest absolute Gasteiger partial charge is 0.303 e. The number of benzene rings is 1. The topological polar surface area (TPSA) is 75.1 Å². The molecule has 0 amide bonds. The fourth-order valence-electron chi connectivity index (χ4n) is 2.36. The zero-order valence-corrected chi connectivity index (χ0v) is 13.6. The molecule has 0 aliphatic carbocycles. The van der Waals surface area contributed by atoms with Crippen molar-refractivity contribution in [3.63, 3.8) is 0 Å². The van der Waals surface area contributed by atoms with Crippen molar-refractivity contribution in [2.24, 2.45) is 0 Å². The van der Waals surface area contributed by atoms with E-state index in [0.29, 0.717) is 6.42 Å². The lowest BCUT2D eigenvalue weighted by molar-refractivity contribution is -0.137. The summed E-state index contributed by atoms with van der Waals surface area (Å²) in [5, 5.41) is 12.3. The monoisotopic (exact) mass is 313 g/mol. The number of nitrogens with one attached hydrogen (secondary N) is 1. The molecule has 1 aromatic heterocycles. The lowest BCUT2D eigenvalue weighted by atomic mass is 10.0. The van der Waals surface area contributed by atoms with E-state index in [4.69, 9.17) is 5.11 Å². The van der Waals surface area contributed by atoms with Gasteiger partial charge in [-0.1, -0.05) is 44.2 Å². The number of carboxylic acids is 1. The molecule has 0 fully saturated rings. The standard InChI is InChI=1S/C18H23N3O2/c1-13(2)18-19-11-10-16(21-18)20-15(8-9-17(22)23)12-14-6-4-3-5-7-14/h3-7,10-11,13,15H,8-9,12H2,1-2H3,(H,22,23)(H,19,20,21). The lowest BCUT2D eigenvalue weighted by Gasteiger charge is -2.19. The van der Waals surface area contributed by atoms with Crippen LogP contribution < -0.4 is 5.32 Å². The van der Waals surface area contributed by atoms with Crippen LogP contribution in [0.25, 0.3) is 0 Å². The van der Waals surface area contributed by atoms with E-state index < -0.39 is 5.97 Å². The van der Waals surface area contributed by atoms with Crippen LogP contribution in [0.4, 0.5) is 5.82 Å². The highest BCUT2D eigenvalue weighted by Gasteiger charge is 2.13. The zero-order valence-electron chi connectivity index (χ0n) is 13.6. The maximum absolute atomic E-state index is 10.9. The van der Waals surface area contributed by atoms with Gasteiger partial charge >= 0.3 is 5.97 Å². The molecule has 5 nitrogen and oxygen atoms in total. The number of nitrogens with zero attached hydrogens (tertiary/aromatic N) is 2. The van der Waals surface area contributed by atoms with Gasteiger partial charge in [0.05, 0.1) is 0 Å². The Kier molecular flexibility index (Phi) is 6.09. The van der Waals surface area contributed by atoms with Crippen molar-refractivity contribution in [2.75, 3.05) is 5.32 Å². The molecule has 23 heavy (non-hydrogen) atoms. The summed E-state index contributed by atoms with van der Waals surface area (Å²) in [6.07, 6.45) is 3.18. The molecule has 2 N–H and O–H groups in total. The predicted molar refractivity (Wildman–Crippen MR) is 90.5 cm³/mol. The summed E-state index contributed by atoms with van der Waals surface area (Å²) in [7, 11) is 0. The molecule has 1 atom stereocenters. The van der Waals surface area contributed by atoms with E-state index in [1.165, 1.54) is 5.56 Å². The van der Waals surface area contributed by atoms with Crippen LogP contribution in [0, 0.1) is 0 Å². The first-order chi connectivity index (χ1) is 11.0. The second kappa shape index (κ2) is 8.27. The predicted octanol–water partition coefficient (Wildman–Crippen LogP) is 3.49. The maximum Gasteiger partial charge on any atom is 0.303 e. The number of hydrogen-bond donors (Lipinski definition) is 2. The largest absolute Gasteiger partial charge is 0.481 e. The molecule has 122 valence electrons. The van der Waals surface area contributed by atoms with Crippen molar-refractivity contribution >= 4 is 11.8 Å². The molecule has 5 heteroatoms. The van der Waals surface area contributed by atoms with Crippen LogP contribution in [0.1, 0.15) is 44.0 Å². The summed E-state index contributed by atoms with van der Waals surface area (Å²) >= 11 is 0. The van der Waals surface area contributed by atoms with Gasteiger partial charge in [0.2, 0.25) is 0 Å². The van der Waals surface area contributed by atoms with Crippen molar-refractivity contribution in [2.45, 2.75) is 45.1 Å². The molecule has 1 aromatic carbocycles. The van der Waals surface area contributed by atoms with E-state index in [1.54, 1.807) is 6.20 Å². The zero-order chi connectivity index (χ0) is 16.7. The highest BCUT2D eigenvalue weighted by atomic mass is 16.4. The molecule has 2 rings (SSSR count). The minimum Gasteiger partial charge on any atom is -0.481 e. The number of hydrogen-bond acceptors (Lipinski definition) is 4. The number of carboxylic acid groups (broad SMARTS) is 1. The van der Waals surface area contributed by atoms with Gasteiger partial charge in [-0.05, 0) is 24.5 Å². The van der Waals surface area contributed by atoms with Gasteiger partial charge in [-0.25, -0.2) is 9.97 Å². The highest BCUT2D eigenvalue weighted by Crippen LogP contribution is 2.15. The van der Waals surface area contributed by atoms with E-state index >= 15 is 0 Å². The van der Waals surface area contributed by atoms with Gasteiger partial charge in [-0.3, -0.25) is 4.79 Å². The Morgan fingerprint density at radius 3 is 2.61 bits per heavy atom. The normalized spacial score (nSPS) is 12.1. The van der Waals surface area contributed by atoms with Gasteiger partial charge in [0, 0.05) is 24.6 Å². The third-order valence-corrected chi connectivity index (χ3v) is 3.57. The second-order valence-electron chi connectivity index (χ2n) is 5.92. The van der Waals surface area contributed by atoms with Crippen molar-refractivity contribution in [3.05, 3.63) is 54.0 Å². The number of aromatic nitrogens is 2. The summed E-state index contributed by atoms with van der Waals surface area (Å²) < 4.78 is 0. The number of rotatable bonds is 8. The molecule has 2 aromatic rings. The van der Waals surface area contributed by atoms with Crippen molar-refractivity contribution in [1.82, 2.24) is 9.97 Å². The fraction of sp³-hybridized carbons (Fsp3) is 0.389. The van der Waals surface area contributed by atoms with Crippen LogP contribution in [-0.4, -0.2) is 27.1 Å². The molecule has 1 heterocycles. The van der Waals surface area contributed by atoms with E-state index in [1.807, 2.05) is 38.1 Å². The summed E-state index contributed by atoms with van der Waals surface area (Å²) in [6, 6.07) is 11.9. The van der Waals surface area contributed by atoms with E-state index in [2.05, 4.69) is 27.4 Å². The quantitative estimate of drug-likeness (QED) is 0.780. The van der Waals surface area contributed by atoms with Gasteiger partial charge in [0.15, 0.2) is 0 Å². The number of carbonyl (C=O) groups is 1. The highest BCUT2D eigenvalue weighted by molar-refractivity contribution is 5.66. The van der Waals surface area contributed by atoms with E-state index in [0.717, 1.165) is 18.1 Å². The Morgan fingerprint density at radius 2 is 1.96 bits per heavy atom. The van der Waals surface area contributed by atoms with E-state index in [-0.39, 0.29) is 18.4 Å². The maximum atomic E-state index is 10.9. The molecule has 1 unspecified atom stereocenters. The summed E-state index contributed by atoms with van der Waals surface area (Å²) in [5.74, 6) is 1.00. The van der Waals surface area contributed by atoms with Crippen LogP contribution in [0.3, 0.4) is 0 Å². The molecule has 0 aliphatic heterocycles. The SMILES string of the molecule is CC(C)c1nccc(NC(CCC(=O)O)Cc2ccccc2)n1. The third-order valence-electron chi connectivity index (χ3n) is 3.57. The Labute approximate surface area is 136 Å². The number of aliphatic carboxylic acids is 1. The summed E-state index contributed by atoms with van der Waals surface area (Å²) in [5.41, 5.74) is 1.17. The molecule has 0 aliphatic rings. The molecular weight excluding hydrogens is 290 g/mol. The molecular formula is C18H23N3O2. The van der Waals surface area contributed by atoms with Gasteiger partial charge in [0.1, 0.15) is 11.6 Å². The average molecular weight is 313 g/mol. The Hall–Kier alpha value is -2.43. The first-order valence-electron chi connectivity index (χ1n) is 7.90. The molecule has 0 saturated carbocycles. The first kappa shape index (κ1) is 16.9. The summed E-state index contributed by atoms with van der Waals surface area (Å²) in [6.45, 7) is 4.09. The fourth-order valence-corrected chi connectivity index (χ4v) is 2.36. The lowest BCUT2D eigenvalue weighted by Crippen LogP contribution is -2.24. The van der Waals surface area contributed by atoms with E-state index in [9.17, 15) is 4.79 Å². The average Bonchev–Trinajstić information content (AvgIpc) is 2.54. The third kappa shape index (κ3) is 5.70. The second-order valence-corrected chi connectivity index (χ2v) is 5.92. The van der Waals surface area contributed by atoms with Crippen molar-refractivity contribution in [1.29, 1.82) is 0 Å². The Balaban J connectivity index is 2.10. The van der Waals surface area contributed by atoms with Crippen LogP contribution >= 0.6 is 0 Å². The Morgan fingerprint density at radius 1 is 1.22 bits per heavy atom. The van der Waals surface area contributed by atoms with Gasteiger partial charge in [0.25, 0.3) is 0 Å². The van der Waals surface area contributed by atoms with Crippen LogP contribution in [0.2, 0.25) is 0 Å². The van der Waals surface area contributed by atoms with Gasteiger partial charge < -0.3 is 10.4 Å². The minimum absolute atomic E-state index is 0.0170.